The number of carboxylic acid groups (broad SMARTS) is 1. The predicted molar refractivity (Wildman–Crippen MR) is 69.3 cm³/mol. The van der Waals surface area contributed by atoms with Gasteiger partial charge in [0, 0.05) is 5.02 Å². The lowest BCUT2D eigenvalue weighted by Gasteiger charge is -2.26. The molecule has 0 bridgehead atoms. The Morgan fingerprint density at radius 2 is 2.12 bits per heavy atom. The number of aliphatic carboxylic acids is 1. The van der Waals surface area contributed by atoms with Crippen molar-refractivity contribution in [2.45, 2.75) is 38.1 Å². The van der Waals surface area contributed by atoms with Gasteiger partial charge in [0.25, 0.3) is 0 Å². The second kappa shape index (κ2) is 5.52. The van der Waals surface area contributed by atoms with Gasteiger partial charge in [-0.3, -0.25) is 4.79 Å². The van der Waals surface area contributed by atoms with Crippen LogP contribution in [0.3, 0.4) is 0 Å². The van der Waals surface area contributed by atoms with E-state index in [1.165, 1.54) is 6.92 Å². The van der Waals surface area contributed by atoms with Crippen LogP contribution in [0.2, 0.25) is 5.02 Å². The van der Waals surface area contributed by atoms with Crippen molar-refractivity contribution in [1.82, 2.24) is 0 Å². The number of carbonyl (C=O) groups is 1. The summed E-state index contributed by atoms with van der Waals surface area (Å²) in [5, 5.41) is 9.71. The molecule has 0 radical (unpaired) electrons. The van der Waals surface area contributed by atoms with Crippen LogP contribution >= 0.6 is 11.6 Å². The molecular weight excluding hydrogens is 238 g/mol. The molecule has 0 amide bonds. The molecule has 94 valence electrons. The first-order valence-corrected chi connectivity index (χ1v) is 6.03. The molecule has 1 rings (SSSR count). The van der Waals surface area contributed by atoms with Crippen molar-refractivity contribution in [3.8, 4) is 0 Å². The molecule has 2 unspecified atom stereocenters. The zero-order chi connectivity index (χ0) is 13.1. The van der Waals surface area contributed by atoms with Crippen LogP contribution in [0, 0.1) is 0 Å². The molecule has 0 aliphatic rings. The number of nitrogens with two attached hydrogens (primary N) is 1. The average Bonchev–Trinajstić information content (AvgIpc) is 2.26. The quantitative estimate of drug-likeness (QED) is 0.850. The fraction of sp³-hybridized carbons (Fsp3) is 0.462. The van der Waals surface area contributed by atoms with Crippen molar-refractivity contribution in [3.05, 3.63) is 34.9 Å². The number of carboxylic acids is 1. The molecule has 0 aliphatic carbocycles. The first kappa shape index (κ1) is 14.0. The molecule has 0 saturated carbocycles. The molecule has 3 N–H and O–H groups in total. The van der Waals surface area contributed by atoms with Crippen LogP contribution in [-0.4, -0.2) is 16.6 Å². The summed E-state index contributed by atoms with van der Waals surface area (Å²) in [7, 11) is 0. The number of benzene rings is 1. The van der Waals surface area contributed by atoms with E-state index in [0.29, 0.717) is 11.4 Å². The zero-order valence-corrected chi connectivity index (χ0v) is 10.9. The Morgan fingerprint density at radius 1 is 1.53 bits per heavy atom. The molecule has 2 atom stereocenters. The summed E-state index contributed by atoms with van der Waals surface area (Å²) in [6, 6.07) is 7.50. The van der Waals surface area contributed by atoms with E-state index >= 15 is 0 Å². The van der Waals surface area contributed by atoms with Crippen LogP contribution in [0.25, 0.3) is 0 Å². The van der Waals surface area contributed by atoms with Gasteiger partial charge in [-0.2, -0.15) is 0 Å². The molecule has 4 heteroatoms. The smallest absolute Gasteiger partial charge is 0.323 e. The van der Waals surface area contributed by atoms with Gasteiger partial charge in [-0.25, -0.2) is 0 Å². The highest BCUT2D eigenvalue weighted by Gasteiger charge is 2.31. The lowest BCUT2D eigenvalue weighted by molar-refractivity contribution is -0.143. The minimum Gasteiger partial charge on any atom is -0.480 e. The Bertz CT molecular complexity index is 404. The van der Waals surface area contributed by atoms with Gasteiger partial charge in [0.2, 0.25) is 0 Å². The Labute approximate surface area is 107 Å². The van der Waals surface area contributed by atoms with Gasteiger partial charge in [-0.05, 0) is 37.3 Å². The van der Waals surface area contributed by atoms with Crippen LogP contribution in [0.5, 0.6) is 0 Å². The first-order chi connectivity index (χ1) is 7.88. The normalized spacial score (nSPS) is 16.2. The van der Waals surface area contributed by atoms with Gasteiger partial charge < -0.3 is 10.8 Å². The fourth-order valence-corrected chi connectivity index (χ4v) is 2.17. The van der Waals surface area contributed by atoms with Crippen LogP contribution in [0.1, 0.15) is 38.2 Å². The van der Waals surface area contributed by atoms with Crippen molar-refractivity contribution in [3.63, 3.8) is 0 Å². The molecule has 0 saturated heterocycles. The van der Waals surface area contributed by atoms with Gasteiger partial charge in [0.15, 0.2) is 0 Å². The van der Waals surface area contributed by atoms with Crippen LogP contribution in [0.15, 0.2) is 24.3 Å². The van der Waals surface area contributed by atoms with E-state index in [-0.39, 0.29) is 5.92 Å². The second-order valence-corrected chi connectivity index (χ2v) is 4.96. The fourth-order valence-electron chi connectivity index (χ4n) is 1.88. The Balaban J connectivity index is 2.94. The number of hydrogen-bond acceptors (Lipinski definition) is 2. The topological polar surface area (TPSA) is 63.3 Å². The molecule has 0 heterocycles. The molecule has 1 aromatic rings. The lowest BCUT2D eigenvalue weighted by Crippen LogP contribution is -2.46. The maximum atomic E-state index is 11.0. The minimum atomic E-state index is -1.22. The Hall–Kier alpha value is -1.06. The van der Waals surface area contributed by atoms with E-state index in [0.717, 1.165) is 12.0 Å². The standard InChI is InChI=1S/C13H18ClNO2/c1-3-9(8-13(2,15)12(16)17)10-6-4-5-7-11(10)14/h4-7,9H,3,8,15H2,1-2H3,(H,16,17). The SMILES string of the molecule is CCC(CC(C)(N)C(=O)O)c1ccccc1Cl. The Morgan fingerprint density at radius 3 is 2.59 bits per heavy atom. The monoisotopic (exact) mass is 255 g/mol. The van der Waals surface area contributed by atoms with E-state index in [2.05, 4.69) is 0 Å². The van der Waals surface area contributed by atoms with Gasteiger partial charge in [-0.1, -0.05) is 36.7 Å². The maximum Gasteiger partial charge on any atom is 0.323 e. The summed E-state index contributed by atoms with van der Waals surface area (Å²) in [6.07, 6.45) is 1.19. The molecule has 0 aliphatic heterocycles. The summed E-state index contributed by atoms with van der Waals surface area (Å²) in [4.78, 5) is 11.0. The highest BCUT2D eigenvalue weighted by atomic mass is 35.5. The molecule has 0 fully saturated rings. The average molecular weight is 256 g/mol. The molecule has 1 aromatic carbocycles. The van der Waals surface area contributed by atoms with Crippen LogP contribution in [-0.2, 0) is 4.79 Å². The molecule has 0 spiro atoms. The third-order valence-electron chi connectivity index (χ3n) is 3.00. The van der Waals surface area contributed by atoms with Crippen molar-refractivity contribution in [1.29, 1.82) is 0 Å². The van der Waals surface area contributed by atoms with Gasteiger partial charge in [0.05, 0.1) is 0 Å². The number of hydrogen-bond donors (Lipinski definition) is 2. The summed E-state index contributed by atoms with van der Waals surface area (Å²) >= 11 is 6.12. The van der Waals surface area contributed by atoms with Crippen LogP contribution in [0.4, 0.5) is 0 Å². The molecule has 17 heavy (non-hydrogen) atoms. The lowest BCUT2D eigenvalue weighted by atomic mass is 9.84. The summed E-state index contributed by atoms with van der Waals surface area (Å²) in [5.41, 5.74) is 5.53. The third-order valence-corrected chi connectivity index (χ3v) is 3.34. The van der Waals surface area contributed by atoms with E-state index in [1.807, 2.05) is 31.2 Å². The van der Waals surface area contributed by atoms with Gasteiger partial charge >= 0.3 is 5.97 Å². The predicted octanol–water partition coefficient (Wildman–Crippen LogP) is 3.03. The largest absolute Gasteiger partial charge is 0.480 e. The Kier molecular flexibility index (Phi) is 4.54. The number of rotatable bonds is 5. The maximum absolute atomic E-state index is 11.0. The van der Waals surface area contributed by atoms with Gasteiger partial charge in [-0.15, -0.1) is 0 Å². The highest BCUT2D eigenvalue weighted by molar-refractivity contribution is 6.31. The highest BCUT2D eigenvalue weighted by Crippen LogP contribution is 2.32. The van der Waals surface area contributed by atoms with Crippen molar-refractivity contribution in [2.75, 3.05) is 0 Å². The van der Waals surface area contributed by atoms with E-state index in [9.17, 15) is 4.79 Å². The molecule has 0 aromatic heterocycles. The van der Waals surface area contributed by atoms with Crippen molar-refractivity contribution >= 4 is 17.6 Å². The summed E-state index contributed by atoms with van der Waals surface area (Å²) in [5.74, 6) is -0.919. The van der Waals surface area contributed by atoms with Crippen LogP contribution < -0.4 is 5.73 Å². The van der Waals surface area contributed by atoms with Gasteiger partial charge in [0.1, 0.15) is 5.54 Å². The molecule has 3 nitrogen and oxygen atoms in total. The number of halogens is 1. The van der Waals surface area contributed by atoms with E-state index in [1.54, 1.807) is 0 Å². The zero-order valence-electron chi connectivity index (χ0n) is 10.1. The second-order valence-electron chi connectivity index (χ2n) is 4.55. The first-order valence-electron chi connectivity index (χ1n) is 5.65. The van der Waals surface area contributed by atoms with Crippen molar-refractivity contribution in [2.24, 2.45) is 5.73 Å². The summed E-state index contributed by atoms with van der Waals surface area (Å²) < 4.78 is 0. The molecular formula is C13H18ClNO2. The van der Waals surface area contributed by atoms with Crippen molar-refractivity contribution < 1.29 is 9.90 Å². The minimum absolute atomic E-state index is 0.0646. The van der Waals surface area contributed by atoms with E-state index < -0.39 is 11.5 Å². The third kappa shape index (κ3) is 3.45. The van der Waals surface area contributed by atoms with E-state index in [4.69, 9.17) is 22.4 Å². The summed E-state index contributed by atoms with van der Waals surface area (Å²) in [6.45, 7) is 3.54.